The highest BCUT2D eigenvalue weighted by molar-refractivity contribution is 8.07. The number of Topliss-reactive ketones (excluding diaryl/α,β-unsaturated/α-hetero) is 1. The molecule has 0 aliphatic heterocycles. The Morgan fingerprint density at radius 3 is 2.27 bits per heavy atom. The molecule has 0 bridgehead atoms. The standard InChI is InChI=1S/C18H14NO2S/c1-22(21,12-11-15-5-3-2-4-6-15)14-18(20)17-9-7-16(13-19)8-10-17/h2-10H,14H2,1H3/q+1. The van der Waals surface area contributed by atoms with Gasteiger partial charge in [0.15, 0.2) is 20.9 Å². The first-order valence-corrected chi connectivity index (χ1v) is 8.72. The fraction of sp³-hybridized carbons (Fsp3) is 0.111. The molecule has 0 heterocycles. The maximum atomic E-state index is 12.4. The van der Waals surface area contributed by atoms with Crippen LogP contribution in [0.3, 0.4) is 0 Å². The minimum atomic E-state index is -2.57. The Bertz CT molecular complexity index is 821. The first kappa shape index (κ1) is 15.7. The van der Waals surface area contributed by atoms with Crippen LogP contribution in [-0.2, 0) is 14.1 Å². The van der Waals surface area contributed by atoms with Gasteiger partial charge in [0, 0.05) is 11.1 Å². The fourth-order valence-electron chi connectivity index (χ4n) is 1.79. The van der Waals surface area contributed by atoms with Gasteiger partial charge in [-0.1, -0.05) is 22.4 Å². The van der Waals surface area contributed by atoms with E-state index in [4.69, 9.17) is 5.26 Å². The van der Waals surface area contributed by atoms with Gasteiger partial charge in [-0.3, -0.25) is 4.79 Å². The van der Waals surface area contributed by atoms with Crippen LogP contribution in [0.25, 0.3) is 0 Å². The summed E-state index contributed by atoms with van der Waals surface area (Å²) in [5.41, 5.74) is 1.69. The van der Waals surface area contributed by atoms with Crippen molar-refractivity contribution in [1.82, 2.24) is 0 Å². The number of rotatable bonds is 3. The zero-order chi connectivity index (χ0) is 16.0. The van der Waals surface area contributed by atoms with Crippen LogP contribution >= 0.6 is 0 Å². The summed E-state index contributed by atoms with van der Waals surface area (Å²) in [6.07, 6.45) is 1.49. The normalized spacial score (nSPS) is 12.4. The second-order valence-corrected chi connectivity index (χ2v) is 7.36. The van der Waals surface area contributed by atoms with Crippen molar-refractivity contribution in [2.24, 2.45) is 0 Å². The van der Waals surface area contributed by atoms with Crippen LogP contribution in [0.2, 0.25) is 0 Å². The third-order valence-electron chi connectivity index (χ3n) is 2.93. The molecular weight excluding hydrogens is 294 g/mol. The van der Waals surface area contributed by atoms with Crippen molar-refractivity contribution in [1.29, 1.82) is 5.26 Å². The van der Waals surface area contributed by atoms with Crippen LogP contribution in [0.1, 0.15) is 21.5 Å². The molecule has 0 saturated carbocycles. The third kappa shape index (κ3) is 4.41. The molecule has 0 amide bonds. The number of hydrogen-bond acceptors (Lipinski definition) is 3. The molecule has 0 saturated heterocycles. The molecule has 0 aromatic heterocycles. The van der Waals surface area contributed by atoms with Gasteiger partial charge < -0.3 is 0 Å². The summed E-state index contributed by atoms with van der Waals surface area (Å²) in [5, 5.41) is 11.4. The third-order valence-corrected chi connectivity index (χ3v) is 4.27. The molecule has 0 aliphatic rings. The van der Waals surface area contributed by atoms with E-state index in [2.05, 4.69) is 11.2 Å². The predicted octanol–water partition coefficient (Wildman–Crippen LogP) is 2.88. The van der Waals surface area contributed by atoms with Crippen LogP contribution in [-0.4, -0.2) is 17.8 Å². The van der Waals surface area contributed by atoms with Crippen molar-refractivity contribution >= 4 is 15.7 Å². The lowest BCUT2D eigenvalue weighted by molar-refractivity contribution is 0.102. The Morgan fingerprint density at radius 2 is 1.68 bits per heavy atom. The maximum Gasteiger partial charge on any atom is 0.212 e. The Hall–Kier alpha value is -2.69. The summed E-state index contributed by atoms with van der Waals surface area (Å²) in [6.45, 7) is 0. The Labute approximate surface area is 131 Å². The van der Waals surface area contributed by atoms with E-state index in [0.29, 0.717) is 11.1 Å². The first-order valence-electron chi connectivity index (χ1n) is 6.58. The van der Waals surface area contributed by atoms with Crippen molar-refractivity contribution in [2.75, 3.05) is 12.0 Å². The summed E-state index contributed by atoms with van der Waals surface area (Å²) in [6, 6.07) is 17.5. The second-order valence-electron chi connectivity index (χ2n) is 4.85. The van der Waals surface area contributed by atoms with E-state index in [1.165, 1.54) is 6.26 Å². The minimum Gasteiger partial charge on any atom is -0.289 e. The zero-order valence-corrected chi connectivity index (χ0v) is 12.9. The number of benzene rings is 2. The van der Waals surface area contributed by atoms with E-state index in [0.717, 1.165) is 5.56 Å². The van der Waals surface area contributed by atoms with Gasteiger partial charge in [0.2, 0.25) is 5.78 Å². The molecular formula is C18H14NO2S+. The fourth-order valence-corrected chi connectivity index (χ4v) is 2.86. The number of carbonyl (C=O) groups excluding carboxylic acids is 1. The molecule has 4 heteroatoms. The molecule has 2 aromatic rings. The maximum absolute atomic E-state index is 12.4. The SMILES string of the molecule is C[S+](=O)(C#Cc1ccccc1)CC(=O)c1ccc(C#N)cc1. The number of ketones is 1. The monoisotopic (exact) mass is 308 g/mol. The van der Waals surface area contributed by atoms with Crippen LogP contribution in [0.15, 0.2) is 54.6 Å². The highest BCUT2D eigenvalue weighted by Crippen LogP contribution is 2.09. The molecule has 22 heavy (non-hydrogen) atoms. The van der Waals surface area contributed by atoms with E-state index in [9.17, 15) is 9.00 Å². The number of hydrogen-bond donors (Lipinski definition) is 0. The Kier molecular flexibility index (Phi) is 4.88. The quantitative estimate of drug-likeness (QED) is 0.498. The minimum absolute atomic E-state index is 0.126. The number of nitrogens with zero attached hydrogens (tertiary/aromatic N) is 1. The van der Waals surface area contributed by atoms with Gasteiger partial charge in [-0.2, -0.15) is 5.26 Å². The van der Waals surface area contributed by atoms with Crippen molar-refractivity contribution in [2.45, 2.75) is 0 Å². The first-order chi connectivity index (χ1) is 10.5. The van der Waals surface area contributed by atoms with Gasteiger partial charge in [-0.15, -0.1) is 0 Å². The lowest BCUT2D eigenvalue weighted by atomic mass is 10.1. The Morgan fingerprint density at radius 1 is 1.05 bits per heavy atom. The van der Waals surface area contributed by atoms with E-state index in [1.54, 1.807) is 24.3 Å². The van der Waals surface area contributed by atoms with Crippen LogP contribution in [0.4, 0.5) is 0 Å². The molecule has 0 N–H and O–H groups in total. The van der Waals surface area contributed by atoms with Crippen LogP contribution < -0.4 is 0 Å². The lowest BCUT2D eigenvalue weighted by Crippen LogP contribution is -2.19. The summed E-state index contributed by atoms with van der Waals surface area (Å²) in [7, 11) is -2.57. The molecule has 0 aliphatic carbocycles. The van der Waals surface area contributed by atoms with Crippen molar-refractivity contribution in [3.63, 3.8) is 0 Å². The molecule has 0 radical (unpaired) electrons. The number of carbonyl (C=O) groups is 1. The summed E-state index contributed by atoms with van der Waals surface area (Å²) >= 11 is 0. The largest absolute Gasteiger partial charge is 0.289 e. The molecule has 108 valence electrons. The topological polar surface area (TPSA) is 57.9 Å². The summed E-state index contributed by atoms with van der Waals surface area (Å²) in [5.74, 6) is 2.48. The smallest absolute Gasteiger partial charge is 0.212 e. The summed E-state index contributed by atoms with van der Waals surface area (Å²) < 4.78 is 12.4. The highest BCUT2D eigenvalue weighted by atomic mass is 32.2. The van der Waals surface area contributed by atoms with E-state index in [1.807, 2.05) is 36.4 Å². The molecule has 0 spiro atoms. The molecule has 2 aromatic carbocycles. The van der Waals surface area contributed by atoms with Gasteiger partial charge in [-0.25, -0.2) is 0 Å². The average Bonchev–Trinajstić information content (AvgIpc) is 2.54. The second kappa shape index (κ2) is 6.85. The molecule has 0 fully saturated rings. The molecule has 1 unspecified atom stereocenters. The van der Waals surface area contributed by atoms with Crippen molar-refractivity contribution < 1.29 is 9.00 Å². The van der Waals surface area contributed by atoms with E-state index >= 15 is 0 Å². The number of nitriles is 1. The van der Waals surface area contributed by atoms with Gasteiger partial charge in [0.05, 0.1) is 11.6 Å². The van der Waals surface area contributed by atoms with E-state index in [-0.39, 0.29) is 11.5 Å². The van der Waals surface area contributed by atoms with Gasteiger partial charge in [-0.05, 0) is 42.3 Å². The lowest BCUT2D eigenvalue weighted by Gasteiger charge is -2.00. The van der Waals surface area contributed by atoms with Crippen LogP contribution in [0.5, 0.6) is 0 Å². The summed E-state index contributed by atoms with van der Waals surface area (Å²) in [4.78, 5) is 12.1. The van der Waals surface area contributed by atoms with Gasteiger partial charge in [0.25, 0.3) is 0 Å². The Balaban J connectivity index is 2.11. The molecule has 3 nitrogen and oxygen atoms in total. The van der Waals surface area contributed by atoms with Crippen LogP contribution in [0, 0.1) is 22.5 Å². The van der Waals surface area contributed by atoms with Gasteiger partial charge >= 0.3 is 0 Å². The highest BCUT2D eigenvalue weighted by Gasteiger charge is 2.24. The predicted molar refractivity (Wildman–Crippen MR) is 87.7 cm³/mol. The molecule has 1 atom stereocenters. The van der Waals surface area contributed by atoms with Crippen molar-refractivity contribution in [3.8, 4) is 17.2 Å². The van der Waals surface area contributed by atoms with Gasteiger partial charge in [0.1, 0.15) is 6.26 Å². The average molecular weight is 308 g/mol. The van der Waals surface area contributed by atoms with Crippen molar-refractivity contribution in [3.05, 3.63) is 71.3 Å². The van der Waals surface area contributed by atoms with E-state index < -0.39 is 9.93 Å². The zero-order valence-electron chi connectivity index (χ0n) is 12.1. The molecule has 2 rings (SSSR count).